The lowest BCUT2D eigenvalue weighted by Gasteiger charge is -2.31. The fourth-order valence-corrected chi connectivity index (χ4v) is 4.02. The second kappa shape index (κ2) is 7.65. The Morgan fingerprint density at radius 2 is 2.00 bits per heavy atom. The Morgan fingerprint density at radius 3 is 2.62 bits per heavy atom. The number of piperidine rings is 1. The van der Waals surface area contributed by atoms with Gasteiger partial charge in [-0.25, -0.2) is 0 Å². The van der Waals surface area contributed by atoms with Crippen molar-refractivity contribution in [3.05, 3.63) is 49.7 Å². The van der Waals surface area contributed by atoms with Crippen molar-refractivity contribution in [2.45, 2.75) is 19.8 Å². The predicted octanol–water partition coefficient (Wildman–Crippen LogP) is 4.15. The summed E-state index contributed by atoms with van der Waals surface area (Å²) in [5, 5.41) is 4.92. The first-order valence-electron chi connectivity index (χ1n) is 7.94. The molecule has 1 aromatic heterocycles. The molecule has 4 nitrogen and oxygen atoms in total. The summed E-state index contributed by atoms with van der Waals surface area (Å²) in [6.45, 7) is 3.33. The molecule has 0 bridgehead atoms. The standard InChI is InChI=1S/C18H19IN2O2S/c1-12-4-5-14(11-15(12)19)20-17(22)13-6-8-21(9-7-13)18(23)16-3-2-10-24-16/h2-5,10-11,13H,6-9H2,1H3,(H,20,22). The molecule has 0 unspecified atom stereocenters. The molecule has 6 heteroatoms. The zero-order chi connectivity index (χ0) is 17.1. The van der Waals surface area contributed by atoms with Crippen molar-refractivity contribution in [2.75, 3.05) is 18.4 Å². The fourth-order valence-electron chi connectivity index (χ4n) is 2.82. The normalized spacial score (nSPS) is 15.3. The molecule has 1 aliphatic rings. The number of amides is 2. The lowest BCUT2D eigenvalue weighted by atomic mass is 9.95. The molecule has 3 rings (SSSR count). The van der Waals surface area contributed by atoms with E-state index >= 15 is 0 Å². The molecular formula is C18H19IN2O2S. The summed E-state index contributed by atoms with van der Waals surface area (Å²) in [7, 11) is 0. The van der Waals surface area contributed by atoms with E-state index in [-0.39, 0.29) is 17.7 Å². The number of anilines is 1. The third kappa shape index (κ3) is 3.97. The van der Waals surface area contributed by atoms with Crippen LogP contribution in [-0.2, 0) is 4.79 Å². The lowest BCUT2D eigenvalue weighted by molar-refractivity contribution is -0.121. The maximum absolute atomic E-state index is 12.5. The summed E-state index contributed by atoms with van der Waals surface area (Å²) >= 11 is 3.74. The van der Waals surface area contributed by atoms with Gasteiger partial charge in [-0.3, -0.25) is 9.59 Å². The van der Waals surface area contributed by atoms with E-state index in [1.807, 2.05) is 47.5 Å². The number of benzene rings is 1. The van der Waals surface area contributed by atoms with Gasteiger partial charge >= 0.3 is 0 Å². The number of hydrogen-bond acceptors (Lipinski definition) is 3. The molecule has 1 fully saturated rings. The first-order chi connectivity index (χ1) is 11.5. The summed E-state index contributed by atoms with van der Waals surface area (Å²) < 4.78 is 1.14. The van der Waals surface area contributed by atoms with Crippen LogP contribution in [0.4, 0.5) is 5.69 Å². The average Bonchev–Trinajstić information content (AvgIpc) is 3.12. The van der Waals surface area contributed by atoms with E-state index in [1.165, 1.54) is 16.9 Å². The number of rotatable bonds is 3. The van der Waals surface area contributed by atoms with Gasteiger partial charge in [0.05, 0.1) is 4.88 Å². The zero-order valence-electron chi connectivity index (χ0n) is 13.4. The van der Waals surface area contributed by atoms with E-state index < -0.39 is 0 Å². The van der Waals surface area contributed by atoms with Crippen molar-refractivity contribution >= 4 is 51.4 Å². The molecule has 1 aliphatic heterocycles. The number of halogens is 1. The Balaban J connectivity index is 1.55. The number of hydrogen-bond donors (Lipinski definition) is 1. The Morgan fingerprint density at radius 1 is 1.25 bits per heavy atom. The molecule has 24 heavy (non-hydrogen) atoms. The molecule has 0 spiro atoms. The molecule has 2 amide bonds. The highest BCUT2D eigenvalue weighted by molar-refractivity contribution is 14.1. The lowest BCUT2D eigenvalue weighted by Crippen LogP contribution is -2.41. The molecule has 0 radical (unpaired) electrons. The van der Waals surface area contributed by atoms with E-state index in [2.05, 4.69) is 27.9 Å². The van der Waals surface area contributed by atoms with Gasteiger partial charge in [0.2, 0.25) is 5.91 Å². The van der Waals surface area contributed by atoms with E-state index in [4.69, 9.17) is 0 Å². The van der Waals surface area contributed by atoms with Crippen molar-refractivity contribution in [1.29, 1.82) is 0 Å². The van der Waals surface area contributed by atoms with Crippen LogP contribution < -0.4 is 5.32 Å². The van der Waals surface area contributed by atoms with Crippen LogP contribution in [-0.4, -0.2) is 29.8 Å². The third-order valence-corrected chi connectivity index (χ3v) is 6.34. The molecule has 126 valence electrons. The average molecular weight is 454 g/mol. The van der Waals surface area contributed by atoms with Gasteiger partial charge < -0.3 is 10.2 Å². The maximum Gasteiger partial charge on any atom is 0.263 e. The molecule has 1 aromatic carbocycles. The van der Waals surface area contributed by atoms with Crippen LogP contribution in [0.2, 0.25) is 0 Å². The number of thiophene rings is 1. The van der Waals surface area contributed by atoms with Gasteiger partial charge in [-0.15, -0.1) is 11.3 Å². The Labute approximate surface area is 159 Å². The molecule has 1 N–H and O–H groups in total. The molecule has 2 aromatic rings. The van der Waals surface area contributed by atoms with Crippen molar-refractivity contribution < 1.29 is 9.59 Å². The third-order valence-electron chi connectivity index (χ3n) is 4.32. The van der Waals surface area contributed by atoms with E-state index in [9.17, 15) is 9.59 Å². The monoisotopic (exact) mass is 454 g/mol. The number of likely N-dealkylation sites (tertiary alicyclic amines) is 1. The number of carbonyl (C=O) groups is 2. The van der Waals surface area contributed by atoms with E-state index in [0.29, 0.717) is 25.9 Å². The first kappa shape index (κ1) is 17.4. The van der Waals surface area contributed by atoms with Crippen molar-refractivity contribution in [1.82, 2.24) is 4.90 Å². The van der Waals surface area contributed by atoms with Crippen LogP contribution in [0.3, 0.4) is 0 Å². The molecule has 0 saturated carbocycles. The van der Waals surface area contributed by atoms with Crippen molar-refractivity contribution in [3.8, 4) is 0 Å². The van der Waals surface area contributed by atoms with Gasteiger partial charge in [-0.2, -0.15) is 0 Å². The molecule has 1 saturated heterocycles. The minimum absolute atomic E-state index is 0.0312. The number of carbonyl (C=O) groups excluding carboxylic acids is 2. The summed E-state index contributed by atoms with van der Waals surface area (Å²) in [6.07, 6.45) is 1.43. The summed E-state index contributed by atoms with van der Waals surface area (Å²) in [5.74, 6) is 0.103. The van der Waals surface area contributed by atoms with Gasteiger partial charge in [0.1, 0.15) is 0 Å². The van der Waals surface area contributed by atoms with Crippen LogP contribution >= 0.6 is 33.9 Å². The van der Waals surface area contributed by atoms with Gasteiger partial charge in [0.25, 0.3) is 5.91 Å². The van der Waals surface area contributed by atoms with Crippen LogP contribution in [0.25, 0.3) is 0 Å². The minimum Gasteiger partial charge on any atom is -0.338 e. The van der Waals surface area contributed by atoms with Crippen LogP contribution in [0.1, 0.15) is 28.1 Å². The summed E-state index contributed by atoms with van der Waals surface area (Å²) in [5.41, 5.74) is 2.04. The predicted molar refractivity (Wildman–Crippen MR) is 105 cm³/mol. The molecule has 0 atom stereocenters. The second-order valence-corrected chi connectivity index (χ2v) is 8.11. The molecule has 2 heterocycles. The zero-order valence-corrected chi connectivity index (χ0v) is 16.4. The highest BCUT2D eigenvalue weighted by Crippen LogP contribution is 2.23. The van der Waals surface area contributed by atoms with Gasteiger partial charge in [0, 0.05) is 28.3 Å². The second-order valence-electron chi connectivity index (χ2n) is 6.00. The largest absolute Gasteiger partial charge is 0.338 e. The molecule has 0 aliphatic carbocycles. The van der Waals surface area contributed by atoms with Crippen LogP contribution in [0.5, 0.6) is 0 Å². The topological polar surface area (TPSA) is 49.4 Å². The fraction of sp³-hybridized carbons (Fsp3) is 0.333. The van der Waals surface area contributed by atoms with Crippen molar-refractivity contribution in [2.24, 2.45) is 5.92 Å². The first-order valence-corrected chi connectivity index (χ1v) is 9.90. The number of aryl methyl sites for hydroxylation is 1. The van der Waals surface area contributed by atoms with Gasteiger partial charge in [0.15, 0.2) is 0 Å². The van der Waals surface area contributed by atoms with Gasteiger partial charge in [-0.05, 0) is 71.5 Å². The van der Waals surface area contributed by atoms with Crippen molar-refractivity contribution in [3.63, 3.8) is 0 Å². The van der Waals surface area contributed by atoms with Gasteiger partial charge in [-0.1, -0.05) is 12.1 Å². The minimum atomic E-state index is -0.0312. The smallest absolute Gasteiger partial charge is 0.263 e. The quantitative estimate of drug-likeness (QED) is 0.709. The summed E-state index contributed by atoms with van der Waals surface area (Å²) in [6, 6.07) is 9.68. The van der Waals surface area contributed by atoms with E-state index in [0.717, 1.165) is 14.1 Å². The highest BCUT2D eigenvalue weighted by Gasteiger charge is 2.28. The number of nitrogens with zero attached hydrogens (tertiary/aromatic N) is 1. The molecular weight excluding hydrogens is 435 g/mol. The Kier molecular flexibility index (Phi) is 5.55. The Hall–Kier alpha value is -1.41. The Bertz CT molecular complexity index is 737. The SMILES string of the molecule is Cc1ccc(NC(=O)C2CCN(C(=O)c3cccs3)CC2)cc1I. The van der Waals surface area contributed by atoms with Crippen LogP contribution in [0.15, 0.2) is 35.7 Å². The maximum atomic E-state index is 12.5. The number of nitrogens with one attached hydrogen (secondary N) is 1. The van der Waals surface area contributed by atoms with Crippen LogP contribution in [0, 0.1) is 16.4 Å². The van der Waals surface area contributed by atoms with E-state index in [1.54, 1.807) is 0 Å². The summed E-state index contributed by atoms with van der Waals surface area (Å²) in [4.78, 5) is 27.4. The highest BCUT2D eigenvalue weighted by atomic mass is 127.